The first-order chi connectivity index (χ1) is 39.8. The zero-order valence-electron chi connectivity index (χ0n) is 52.1. The molecule has 1 aromatic carbocycles. The van der Waals surface area contributed by atoms with Crippen molar-refractivity contribution in [2.75, 3.05) is 79.5 Å². The third-order valence-electron chi connectivity index (χ3n) is 17.7. The normalized spacial score (nSPS) is 35.6. The number of likely N-dealkylation sites (N-methyl/N-ethyl adjacent to an activating group) is 2. The zero-order chi connectivity index (χ0) is 63.0. The predicted molar refractivity (Wildman–Crippen MR) is 311 cm³/mol. The molecule has 2 aromatic rings. The number of hydrogen-bond acceptors (Lipinski definition) is 21. The Hall–Kier alpha value is -4.48. The van der Waals surface area contributed by atoms with Gasteiger partial charge in [-0.15, -0.1) is 0 Å². The SMILES string of the molecule is CC[C@@H]1OC(=O)[C@H](C)[C@@H](O[C@H]2C[C@@](C)(OC)[C@@H](OC(=O)CNC(=O)CCNCCOCCNc3cc4c(cc3F)c(=O)c(C(=O)O)cn4C3CC3)[C@H](C)O2)[C@@H](C)[C@@H](O[C@@H]2O[C@H](C)C[C@H](N(C)C)[C@H]2O)[C@](C)(O)C[C@@H](C)CN(C)[C@H](C)[C@@H](O)[C@]1(C)O. The van der Waals surface area contributed by atoms with Crippen molar-refractivity contribution in [1.82, 2.24) is 25.0 Å². The molecule has 8 N–H and O–H groups in total. The molecule has 4 fully saturated rings. The Kier molecular flexibility index (Phi) is 24.3. The number of aliphatic hydroxyl groups excluding tert-OH is 2. The maximum atomic E-state index is 15.1. The van der Waals surface area contributed by atoms with Gasteiger partial charge in [0.05, 0.1) is 60.4 Å². The summed E-state index contributed by atoms with van der Waals surface area (Å²) in [5.74, 6) is -6.24. The van der Waals surface area contributed by atoms with Gasteiger partial charge < -0.3 is 93.7 Å². The van der Waals surface area contributed by atoms with E-state index in [0.717, 1.165) is 18.9 Å². The number of carboxylic acid groups (broad SMARTS) is 1. The van der Waals surface area contributed by atoms with Crippen LogP contribution in [0.1, 0.15) is 131 Å². The van der Waals surface area contributed by atoms with Crippen molar-refractivity contribution in [3.8, 4) is 0 Å². The number of aliphatic hydroxyl groups is 4. The largest absolute Gasteiger partial charge is 0.477 e. The van der Waals surface area contributed by atoms with Gasteiger partial charge in [-0.2, -0.15) is 0 Å². The number of rotatable bonds is 22. The monoisotopic (exact) mass is 1210 g/mol. The van der Waals surface area contributed by atoms with E-state index in [1.54, 1.807) is 53.0 Å². The number of benzene rings is 1. The molecule has 0 bridgehead atoms. The summed E-state index contributed by atoms with van der Waals surface area (Å²) in [5, 5.41) is 66.3. The van der Waals surface area contributed by atoms with E-state index in [-0.39, 0.29) is 87.2 Å². The van der Waals surface area contributed by atoms with E-state index in [4.69, 9.17) is 37.9 Å². The molecular formula is C60H97FN6O18. The number of carboxylic acids is 1. The first-order valence-corrected chi connectivity index (χ1v) is 30.0. The van der Waals surface area contributed by atoms with Gasteiger partial charge in [-0.05, 0) is 120 Å². The first-order valence-electron chi connectivity index (χ1n) is 30.0. The van der Waals surface area contributed by atoms with Crippen LogP contribution in [0.4, 0.5) is 10.1 Å². The molecule has 1 amide bonds. The summed E-state index contributed by atoms with van der Waals surface area (Å²) in [6.45, 7) is 18.5. The number of amides is 1. The highest BCUT2D eigenvalue weighted by Crippen LogP contribution is 2.42. The molecule has 0 radical (unpaired) electrons. The van der Waals surface area contributed by atoms with Gasteiger partial charge >= 0.3 is 17.9 Å². The second kappa shape index (κ2) is 29.7. The molecule has 3 saturated heterocycles. The summed E-state index contributed by atoms with van der Waals surface area (Å²) < 4.78 is 67.0. The highest BCUT2D eigenvalue weighted by Gasteiger charge is 2.54. The smallest absolute Gasteiger partial charge is 0.341 e. The molecule has 1 aromatic heterocycles. The van der Waals surface area contributed by atoms with Gasteiger partial charge in [-0.25, -0.2) is 9.18 Å². The molecule has 25 heteroatoms. The second-order valence-corrected chi connectivity index (χ2v) is 25.1. The van der Waals surface area contributed by atoms with E-state index in [2.05, 4.69) is 16.0 Å². The fourth-order valence-electron chi connectivity index (χ4n) is 12.5. The highest BCUT2D eigenvalue weighted by molar-refractivity contribution is 5.93. The third-order valence-corrected chi connectivity index (χ3v) is 17.7. The molecule has 18 atom stereocenters. The Labute approximate surface area is 498 Å². The van der Waals surface area contributed by atoms with Gasteiger partial charge in [0.25, 0.3) is 0 Å². The number of aromatic carboxylic acids is 1. The van der Waals surface area contributed by atoms with Gasteiger partial charge in [0.15, 0.2) is 18.7 Å². The minimum Gasteiger partial charge on any atom is -0.477 e. The van der Waals surface area contributed by atoms with Crippen LogP contribution in [0, 0.1) is 23.6 Å². The van der Waals surface area contributed by atoms with Crippen LogP contribution in [-0.4, -0.2) is 228 Å². The first kappa shape index (κ1) is 69.6. The van der Waals surface area contributed by atoms with E-state index in [1.807, 2.05) is 44.8 Å². The maximum Gasteiger partial charge on any atom is 0.341 e. The van der Waals surface area contributed by atoms with Crippen LogP contribution < -0.4 is 21.4 Å². The lowest BCUT2D eigenvalue weighted by Crippen LogP contribution is -2.61. The summed E-state index contributed by atoms with van der Waals surface area (Å²) in [6, 6.07) is 1.66. The van der Waals surface area contributed by atoms with Crippen molar-refractivity contribution < 1.29 is 87.0 Å². The standard InChI is InChI=1S/C60H97FN6O18/c1-15-45-60(10,77)52(72)36(6)66(13)30-32(2)27-58(8,76)53(85-57-50(71)44(65(11)12)24-33(3)80-57)34(4)51(35(5)56(75)82-45)84-48-28-59(9,78-14)54(37(7)81-48)83-47(69)29-64-46(68)18-19-62-20-22-79-23-21-63-42-26-43-39(25-41(42)61)49(70)40(55(73)74)31-67(43)38-16-17-38/h25-26,31-38,44-45,48,50-54,57,62-63,71-72,76-77H,15-24,27-30H2,1-14H3,(H,64,68)(H,73,74)/t32-,33-,34-,35-,36-,37+,44+,45+,48+,50-,51+,52-,53-,54+,57+,58-,59-,60-/m1/s1. The van der Waals surface area contributed by atoms with Gasteiger partial charge in [-0.1, -0.05) is 20.8 Å². The van der Waals surface area contributed by atoms with Gasteiger partial charge in [0, 0.05) is 81.8 Å². The van der Waals surface area contributed by atoms with Crippen LogP contribution in [0.3, 0.4) is 0 Å². The molecule has 1 saturated carbocycles. The van der Waals surface area contributed by atoms with Crippen LogP contribution in [0.5, 0.6) is 0 Å². The van der Waals surface area contributed by atoms with E-state index in [0.29, 0.717) is 25.0 Å². The average molecular weight is 1210 g/mol. The number of ether oxygens (including phenoxy) is 8. The van der Waals surface area contributed by atoms with Crippen molar-refractivity contribution >= 4 is 40.4 Å². The number of cyclic esters (lactones) is 1. The quantitative estimate of drug-likeness (QED) is 0.0620. The van der Waals surface area contributed by atoms with E-state index < -0.39 is 137 Å². The van der Waals surface area contributed by atoms with Crippen molar-refractivity contribution in [2.45, 2.75) is 211 Å². The van der Waals surface area contributed by atoms with Crippen LogP contribution in [-0.2, 0) is 52.3 Å². The molecule has 6 rings (SSSR count). The molecule has 3 aliphatic heterocycles. The number of halogens is 1. The van der Waals surface area contributed by atoms with Crippen molar-refractivity contribution in [1.29, 1.82) is 0 Å². The number of carbonyl (C=O) groups is 4. The number of methoxy groups -OCH3 is 1. The number of aromatic nitrogens is 1. The second-order valence-electron chi connectivity index (χ2n) is 25.1. The number of anilines is 1. The molecule has 0 unspecified atom stereocenters. The number of hydrogen-bond donors (Lipinski definition) is 8. The van der Waals surface area contributed by atoms with Gasteiger partial charge in [0.2, 0.25) is 11.3 Å². The number of nitrogens with zero attached hydrogens (tertiary/aromatic N) is 3. The van der Waals surface area contributed by atoms with E-state index >= 15 is 4.39 Å². The number of pyridine rings is 1. The highest BCUT2D eigenvalue weighted by atomic mass is 19.1. The van der Waals surface area contributed by atoms with Crippen LogP contribution in [0.15, 0.2) is 23.1 Å². The molecule has 24 nitrogen and oxygen atoms in total. The van der Waals surface area contributed by atoms with E-state index in [1.165, 1.54) is 26.3 Å². The molecule has 0 spiro atoms. The number of nitrogens with one attached hydrogen (secondary N) is 3. The van der Waals surface area contributed by atoms with Crippen LogP contribution in [0.25, 0.3) is 10.9 Å². The summed E-state index contributed by atoms with van der Waals surface area (Å²) in [7, 11) is 6.98. The Morgan fingerprint density at radius 2 is 1.61 bits per heavy atom. The summed E-state index contributed by atoms with van der Waals surface area (Å²) in [4.78, 5) is 69.1. The zero-order valence-corrected chi connectivity index (χ0v) is 52.1. The lowest BCUT2D eigenvalue weighted by molar-refractivity contribution is -0.318. The van der Waals surface area contributed by atoms with Crippen LogP contribution in [0.2, 0.25) is 0 Å². The molecule has 4 heterocycles. The summed E-state index contributed by atoms with van der Waals surface area (Å²) >= 11 is 0. The van der Waals surface area contributed by atoms with Crippen molar-refractivity contribution in [3.63, 3.8) is 0 Å². The number of carbonyl (C=O) groups excluding carboxylic acids is 3. The summed E-state index contributed by atoms with van der Waals surface area (Å²) in [6.07, 6.45) is -6.69. The minimum absolute atomic E-state index is 0.00156. The molecule has 4 aliphatic rings. The Balaban J connectivity index is 1.06. The summed E-state index contributed by atoms with van der Waals surface area (Å²) in [5.41, 5.74) is -5.35. The fraction of sp³-hybridized carbons (Fsp3) is 0.783. The van der Waals surface area contributed by atoms with Gasteiger partial charge in [0.1, 0.15) is 47.4 Å². The fourth-order valence-corrected chi connectivity index (χ4v) is 12.5. The predicted octanol–water partition coefficient (Wildman–Crippen LogP) is 3.16. The Morgan fingerprint density at radius 1 is 0.929 bits per heavy atom. The third kappa shape index (κ3) is 17.2. The molecule has 85 heavy (non-hydrogen) atoms. The lowest BCUT2D eigenvalue weighted by atomic mass is 9.77. The lowest BCUT2D eigenvalue weighted by Gasteiger charge is -2.49. The topological polar surface area (TPSA) is 308 Å². The van der Waals surface area contributed by atoms with Gasteiger partial charge in [-0.3, -0.25) is 19.2 Å². The maximum absolute atomic E-state index is 15.1. The molecular weight excluding hydrogens is 1110 g/mol. The van der Waals surface area contributed by atoms with Crippen LogP contribution >= 0.6 is 0 Å². The molecule has 482 valence electrons. The van der Waals surface area contributed by atoms with Crippen molar-refractivity contribution in [3.05, 3.63) is 39.9 Å². The number of fused-ring (bicyclic) bond motifs is 1. The molecule has 1 aliphatic carbocycles. The van der Waals surface area contributed by atoms with Crippen molar-refractivity contribution in [2.24, 2.45) is 17.8 Å². The Morgan fingerprint density at radius 3 is 2.25 bits per heavy atom. The average Bonchev–Trinajstić information content (AvgIpc) is 2.18. The minimum atomic E-state index is -1.89. The number of esters is 2. The Bertz CT molecular complexity index is 2640. The van der Waals surface area contributed by atoms with E-state index in [9.17, 15) is 49.5 Å².